The van der Waals surface area contributed by atoms with Gasteiger partial charge in [-0.1, -0.05) is 25.3 Å². The fourth-order valence-electron chi connectivity index (χ4n) is 4.12. The summed E-state index contributed by atoms with van der Waals surface area (Å²) >= 11 is 0. The molecule has 2 fully saturated rings. The van der Waals surface area contributed by atoms with E-state index in [0.29, 0.717) is 5.78 Å². The molecule has 1 atom stereocenters. The number of carbonyl (C=O) groups is 1. The van der Waals surface area contributed by atoms with Gasteiger partial charge in [0.1, 0.15) is 0 Å². The Kier molecular flexibility index (Phi) is 4.07. The molecule has 3 aliphatic rings. The fourth-order valence-corrected chi connectivity index (χ4v) is 4.12. The maximum absolute atomic E-state index is 12.7. The number of rotatable bonds is 2. The molecule has 0 amide bonds. The van der Waals surface area contributed by atoms with Crippen LogP contribution >= 0.6 is 0 Å². The quantitative estimate of drug-likeness (QED) is 0.746. The van der Waals surface area contributed by atoms with Crippen LogP contribution in [-0.2, 0) is 9.53 Å². The third kappa shape index (κ3) is 2.94. The van der Waals surface area contributed by atoms with E-state index < -0.39 is 0 Å². The zero-order valence-corrected chi connectivity index (χ0v) is 12.0. The molecule has 0 aromatic heterocycles. The number of ketones is 1. The number of allylic oxidation sites excluding steroid dienone is 2. The molecule has 3 rings (SSSR count). The highest BCUT2D eigenvalue weighted by Crippen LogP contribution is 2.41. The van der Waals surface area contributed by atoms with E-state index in [9.17, 15) is 4.79 Å². The molecule has 1 saturated heterocycles. The molecular weight excluding hydrogens is 236 g/mol. The summed E-state index contributed by atoms with van der Waals surface area (Å²) in [7, 11) is 0. The lowest BCUT2D eigenvalue weighted by molar-refractivity contribution is -0.140. The highest BCUT2D eigenvalue weighted by Gasteiger charge is 2.41. The molecule has 0 N–H and O–H groups in total. The van der Waals surface area contributed by atoms with Gasteiger partial charge in [0.05, 0.1) is 5.60 Å². The normalized spacial score (nSPS) is 30.9. The fraction of sp³-hybridized carbons (Fsp3) is 0.824. The topological polar surface area (TPSA) is 26.3 Å². The number of hydrogen-bond donors (Lipinski definition) is 0. The lowest BCUT2D eigenvalue weighted by Gasteiger charge is -2.43. The summed E-state index contributed by atoms with van der Waals surface area (Å²) in [6.45, 7) is 0.795. The second-order valence-corrected chi connectivity index (χ2v) is 6.62. The van der Waals surface area contributed by atoms with Gasteiger partial charge in [0, 0.05) is 12.5 Å². The van der Waals surface area contributed by atoms with Gasteiger partial charge in [-0.25, -0.2) is 0 Å². The SMILES string of the molecule is O=C(C1=CCCCC1)C1CCOC2(CCCCC2)C1. The molecule has 106 valence electrons. The van der Waals surface area contributed by atoms with E-state index in [1.165, 1.54) is 44.9 Å². The first kappa shape index (κ1) is 13.4. The lowest BCUT2D eigenvalue weighted by atomic mass is 9.73. The first-order valence-corrected chi connectivity index (χ1v) is 8.16. The molecule has 1 saturated carbocycles. The van der Waals surface area contributed by atoms with Crippen LogP contribution in [0, 0.1) is 5.92 Å². The van der Waals surface area contributed by atoms with Gasteiger partial charge in [0.25, 0.3) is 0 Å². The number of Topliss-reactive ketones (excluding diaryl/α,β-unsaturated/α-hetero) is 1. The first-order valence-electron chi connectivity index (χ1n) is 8.16. The van der Waals surface area contributed by atoms with Crippen LogP contribution in [0.2, 0.25) is 0 Å². The summed E-state index contributed by atoms with van der Waals surface area (Å²) in [6.07, 6.45) is 15.0. The largest absolute Gasteiger partial charge is 0.375 e. The van der Waals surface area contributed by atoms with Crippen LogP contribution in [0.4, 0.5) is 0 Å². The summed E-state index contributed by atoms with van der Waals surface area (Å²) in [4.78, 5) is 12.7. The molecule has 0 aromatic carbocycles. The van der Waals surface area contributed by atoms with Gasteiger partial charge in [-0.3, -0.25) is 4.79 Å². The highest BCUT2D eigenvalue weighted by molar-refractivity contribution is 5.97. The summed E-state index contributed by atoms with van der Waals surface area (Å²) in [5, 5.41) is 0. The van der Waals surface area contributed by atoms with E-state index >= 15 is 0 Å². The minimum atomic E-state index is 0.0616. The van der Waals surface area contributed by atoms with Gasteiger partial charge in [-0.05, 0) is 56.9 Å². The first-order chi connectivity index (χ1) is 9.29. The van der Waals surface area contributed by atoms with E-state index in [1.54, 1.807) is 0 Å². The maximum atomic E-state index is 12.7. The molecule has 0 radical (unpaired) electrons. The van der Waals surface area contributed by atoms with Crippen molar-refractivity contribution >= 4 is 5.78 Å². The van der Waals surface area contributed by atoms with Gasteiger partial charge in [0.15, 0.2) is 5.78 Å². The van der Waals surface area contributed by atoms with Crippen LogP contribution in [0.3, 0.4) is 0 Å². The van der Waals surface area contributed by atoms with Crippen molar-refractivity contribution in [1.29, 1.82) is 0 Å². The second-order valence-electron chi connectivity index (χ2n) is 6.62. The second kappa shape index (κ2) is 5.78. The Morgan fingerprint density at radius 2 is 2.00 bits per heavy atom. The van der Waals surface area contributed by atoms with E-state index in [4.69, 9.17) is 4.74 Å². The Morgan fingerprint density at radius 1 is 1.16 bits per heavy atom. The third-order valence-corrected chi connectivity index (χ3v) is 5.24. The van der Waals surface area contributed by atoms with Crippen LogP contribution in [0.25, 0.3) is 0 Å². The van der Waals surface area contributed by atoms with Gasteiger partial charge >= 0.3 is 0 Å². The van der Waals surface area contributed by atoms with E-state index in [0.717, 1.165) is 37.9 Å². The minimum absolute atomic E-state index is 0.0616. The van der Waals surface area contributed by atoms with Crippen molar-refractivity contribution in [3.8, 4) is 0 Å². The highest BCUT2D eigenvalue weighted by atomic mass is 16.5. The van der Waals surface area contributed by atoms with Crippen molar-refractivity contribution in [2.24, 2.45) is 5.92 Å². The number of ether oxygens (including phenoxy) is 1. The summed E-state index contributed by atoms with van der Waals surface area (Å²) in [6, 6.07) is 0. The molecule has 2 nitrogen and oxygen atoms in total. The molecule has 1 heterocycles. The zero-order chi connectivity index (χ0) is 13.1. The van der Waals surface area contributed by atoms with Crippen LogP contribution in [0.5, 0.6) is 0 Å². The molecule has 0 aromatic rings. The van der Waals surface area contributed by atoms with Crippen molar-refractivity contribution in [2.45, 2.75) is 76.2 Å². The molecule has 19 heavy (non-hydrogen) atoms. The standard InChI is InChI=1S/C17H26O2/c18-16(14-7-3-1-4-8-14)15-9-12-19-17(13-15)10-5-2-6-11-17/h7,15H,1-6,8-13H2. The Labute approximate surface area is 116 Å². The summed E-state index contributed by atoms with van der Waals surface area (Å²) in [5.41, 5.74) is 1.19. The van der Waals surface area contributed by atoms with Crippen molar-refractivity contribution < 1.29 is 9.53 Å². The average Bonchev–Trinajstić information content (AvgIpc) is 2.48. The predicted octanol–water partition coefficient (Wildman–Crippen LogP) is 4.19. The molecule has 0 bridgehead atoms. The molecular formula is C17H26O2. The van der Waals surface area contributed by atoms with Crippen molar-refractivity contribution in [3.63, 3.8) is 0 Å². The summed E-state index contributed by atoms with van der Waals surface area (Å²) in [5.74, 6) is 0.698. The predicted molar refractivity (Wildman–Crippen MR) is 76.1 cm³/mol. The van der Waals surface area contributed by atoms with Gasteiger partial charge in [-0.2, -0.15) is 0 Å². The van der Waals surface area contributed by atoms with Crippen LogP contribution in [0.1, 0.15) is 70.6 Å². The third-order valence-electron chi connectivity index (χ3n) is 5.24. The van der Waals surface area contributed by atoms with Crippen LogP contribution < -0.4 is 0 Å². The average molecular weight is 262 g/mol. The zero-order valence-electron chi connectivity index (χ0n) is 12.0. The Balaban J connectivity index is 1.67. The molecule has 2 aliphatic carbocycles. The maximum Gasteiger partial charge on any atom is 0.161 e. The van der Waals surface area contributed by atoms with E-state index in [-0.39, 0.29) is 11.5 Å². The number of hydrogen-bond acceptors (Lipinski definition) is 2. The van der Waals surface area contributed by atoms with Crippen molar-refractivity contribution in [2.75, 3.05) is 6.61 Å². The molecule has 1 spiro atoms. The van der Waals surface area contributed by atoms with Crippen LogP contribution in [0.15, 0.2) is 11.6 Å². The Morgan fingerprint density at radius 3 is 2.74 bits per heavy atom. The van der Waals surface area contributed by atoms with E-state index in [2.05, 4.69) is 6.08 Å². The number of carbonyl (C=O) groups excluding carboxylic acids is 1. The lowest BCUT2D eigenvalue weighted by Crippen LogP contribution is -2.43. The van der Waals surface area contributed by atoms with Crippen molar-refractivity contribution in [1.82, 2.24) is 0 Å². The van der Waals surface area contributed by atoms with Crippen LogP contribution in [-0.4, -0.2) is 18.0 Å². The monoisotopic (exact) mass is 262 g/mol. The molecule has 1 aliphatic heterocycles. The smallest absolute Gasteiger partial charge is 0.161 e. The van der Waals surface area contributed by atoms with Gasteiger partial charge in [-0.15, -0.1) is 0 Å². The Hall–Kier alpha value is -0.630. The van der Waals surface area contributed by atoms with E-state index in [1.807, 2.05) is 0 Å². The minimum Gasteiger partial charge on any atom is -0.375 e. The molecule has 1 unspecified atom stereocenters. The Bertz CT molecular complexity index is 358. The summed E-state index contributed by atoms with van der Waals surface area (Å²) < 4.78 is 6.10. The van der Waals surface area contributed by atoms with Gasteiger partial charge in [0.2, 0.25) is 0 Å². The molecule has 2 heteroatoms. The van der Waals surface area contributed by atoms with Gasteiger partial charge < -0.3 is 4.74 Å². The van der Waals surface area contributed by atoms with Crippen molar-refractivity contribution in [3.05, 3.63) is 11.6 Å².